The maximum Gasteiger partial charge on any atom is 0.210 e. The standard InChI is InChI=1S/C15H26N4O2S.HI/c1-4-17-15(19-7-8-22(16,20)21)18-6-5-14-10-12(2)9-13(3)11-14;/h9-11H,4-8H2,1-3H3,(H2,16,20,21)(H2,17,18,19);1H. The van der Waals surface area contributed by atoms with Gasteiger partial charge in [-0.05, 0) is 32.8 Å². The van der Waals surface area contributed by atoms with Gasteiger partial charge in [-0.2, -0.15) is 0 Å². The van der Waals surface area contributed by atoms with Gasteiger partial charge < -0.3 is 10.6 Å². The average Bonchev–Trinajstić information content (AvgIpc) is 2.36. The summed E-state index contributed by atoms with van der Waals surface area (Å²) in [5, 5.41) is 11.2. The van der Waals surface area contributed by atoms with Crippen molar-refractivity contribution < 1.29 is 8.42 Å². The fourth-order valence-electron chi connectivity index (χ4n) is 2.16. The molecule has 0 amide bonds. The van der Waals surface area contributed by atoms with Gasteiger partial charge in [0.15, 0.2) is 5.96 Å². The highest BCUT2D eigenvalue weighted by molar-refractivity contribution is 14.0. The summed E-state index contributed by atoms with van der Waals surface area (Å²) < 4.78 is 21.8. The van der Waals surface area contributed by atoms with Crippen LogP contribution in [0.1, 0.15) is 23.6 Å². The van der Waals surface area contributed by atoms with Gasteiger partial charge in [0.25, 0.3) is 0 Å². The molecule has 0 aliphatic heterocycles. The van der Waals surface area contributed by atoms with E-state index >= 15 is 0 Å². The molecule has 0 aliphatic carbocycles. The van der Waals surface area contributed by atoms with E-state index < -0.39 is 10.0 Å². The van der Waals surface area contributed by atoms with Crippen LogP contribution in [0.5, 0.6) is 0 Å². The number of hydrogen-bond donors (Lipinski definition) is 3. The molecule has 0 atom stereocenters. The molecule has 4 N–H and O–H groups in total. The Kier molecular flexibility index (Phi) is 10.4. The van der Waals surface area contributed by atoms with E-state index in [0.717, 1.165) is 13.0 Å². The minimum Gasteiger partial charge on any atom is -0.357 e. The quantitative estimate of drug-likeness (QED) is 0.329. The molecule has 23 heavy (non-hydrogen) atoms. The summed E-state index contributed by atoms with van der Waals surface area (Å²) >= 11 is 0. The van der Waals surface area contributed by atoms with E-state index in [1.54, 1.807) is 0 Å². The first-order chi connectivity index (χ1) is 10.3. The van der Waals surface area contributed by atoms with Crippen molar-refractivity contribution in [2.24, 2.45) is 10.1 Å². The predicted molar refractivity (Wildman–Crippen MR) is 107 cm³/mol. The van der Waals surface area contributed by atoms with E-state index in [0.29, 0.717) is 12.5 Å². The van der Waals surface area contributed by atoms with Crippen molar-refractivity contribution in [1.82, 2.24) is 10.6 Å². The van der Waals surface area contributed by atoms with Crippen LogP contribution in [-0.4, -0.2) is 39.8 Å². The number of sulfonamides is 1. The molecule has 8 heteroatoms. The second kappa shape index (κ2) is 10.8. The van der Waals surface area contributed by atoms with Crippen molar-refractivity contribution in [3.63, 3.8) is 0 Å². The Morgan fingerprint density at radius 2 is 1.78 bits per heavy atom. The van der Waals surface area contributed by atoms with Gasteiger partial charge in [0.05, 0.1) is 12.3 Å². The summed E-state index contributed by atoms with van der Waals surface area (Å²) in [6.07, 6.45) is 0.877. The third kappa shape index (κ3) is 10.5. The van der Waals surface area contributed by atoms with Crippen LogP contribution in [0.15, 0.2) is 23.2 Å². The van der Waals surface area contributed by atoms with Crippen LogP contribution in [0.2, 0.25) is 0 Å². The fraction of sp³-hybridized carbons (Fsp3) is 0.533. The lowest BCUT2D eigenvalue weighted by Gasteiger charge is -2.11. The van der Waals surface area contributed by atoms with Crippen molar-refractivity contribution in [3.8, 4) is 0 Å². The van der Waals surface area contributed by atoms with Crippen molar-refractivity contribution in [3.05, 3.63) is 34.9 Å². The topological polar surface area (TPSA) is 96.6 Å². The van der Waals surface area contributed by atoms with Crippen molar-refractivity contribution in [2.45, 2.75) is 27.2 Å². The number of rotatable bonds is 7. The molecule has 0 unspecified atom stereocenters. The van der Waals surface area contributed by atoms with Crippen LogP contribution >= 0.6 is 24.0 Å². The summed E-state index contributed by atoms with van der Waals surface area (Å²) in [5.41, 5.74) is 3.78. The Morgan fingerprint density at radius 3 is 2.30 bits per heavy atom. The number of primary sulfonamides is 1. The van der Waals surface area contributed by atoms with Gasteiger partial charge in [-0.15, -0.1) is 24.0 Å². The Balaban J connectivity index is 0.00000484. The SMILES string of the molecule is CCNC(=NCCS(N)(=O)=O)NCCc1cc(C)cc(C)c1.I. The van der Waals surface area contributed by atoms with Crippen molar-refractivity contribution >= 4 is 40.0 Å². The molecule has 0 spiro atoms. The van der Waals surface area contributed by atoms with Gasteiger partial charge in [0.2, 0.25) is 10.0 Å². The van der Waals surface area contributed by atoms with Gasteiger partial charge in [0.1, 0.15) is 0 Å². The highest BCUT2D eigenvalue weighted by Gasteiger charge is 2.03. The molecule has 0 fully saturated rings. The molecule has 0 radical (unpaired) electrons. The number of guanidine groups is 1. The van der Waals surface area contributed by atoms with Gasteiger partial charge >= 0.3 is 0 Å². The molecule has 0 saturated heterocycles. The first kappa shape index (κ1) is 22.1. The molecule has 0 aromatic heterocycles. The van der Waals surface area contributed by atoms with Crippen LogP contribution in [0.25, 0.3) is 0 Å². The zero-order chi connectivity index (χ0) is 16.6. The van der Waals surface area contributed by atoms with Gasteiger partial charge in [0, 0.05) is 13.1 Å². The molecule has 1 aromatic rings. The average molecular weight is 454 g/mol. The highest BCUT2D eigenvalue weighted by Crippen LogP contribution is 2.08. The summed E-state index contributed by atoms with van der Waals surface area (Å²) in [6, 6.07) is 6.48. The molecule has 132 valence electrons. The third-order valence-corrected chi connectivity index (χ3v) is 3.73. The number of nitrogens with two attached hydrogens (primary N) is 1. The maximum absolute atomic E-state index is 10.9. The second-order valence-corrected chi connectivity index (χ2v) is 7.03. The molecular formula is C15H27IN4O2S. The Bertz CT molecular complexity index is 598. The van der Waals surface area contributed by atoms with Gasteiger partial charge in [-0.25, -0.2) is 13.6 Å². The van der Waals surface area contributed by atoms with Crippen LogP contribution in [0, 0.1) is 13.8 Å². The smallest absolute Gasteiger partial charge is 0.210 e. The van der Waals surface area contributed by atoms with E-state index in [2.05, 4.69) is 47.7 Å². The zero-order valence-corrected chi connectivity index (χ0v) is 17.1. The Hall–Kier alpha value is -0.870. The lowest BCUT2D eigenvalue weighted by molar-refractivity contribution is 0.597. The number of benzene rings is 1. The van der Waals surface area contributed by atoms with Crippen LogP contribution in [-0.2, 0) is 16.4 Å². The molecule has 6 nitrogen and oxygen atoms in total. The van der Waals surface area contributed by atoms with Crippen LogP contribution in [0.3, 0.4) is 0 Å². The maximum atomic E-state index is 10.9. The minimum absolute atomic E-state index is 0. The molecule has 0 heterocycles. The van der Waals surface area contributed by atoms with E-state index in [4.69, 9.17) is 5.14 Å². The lowest BCUT2D eigenvalue weighted by atomic mass is 10.1. The third-order valence-electron chi connectivity index (χ3n) is 2.98. The largest absolute Gasteiger partial charge is 0.357 e. The van der Waals surface area contributed by atoms with Crippen molar-refractivity contribution in [1.29, 1.82) is 0 Å². The molecule has 1 rings (SSSR count). The molecule has 0 saturated carbocycles. The van der Waals surface area contributed by atoms with Crippen LogP contribution in [0.4, 0.5) is 0 Å². The van der Waals surface area contributed by atoms with E-state index in [-0.39, 0.29) is 36.3 Å². The van der Waals surface area contributed by atoms with Gasteiger partial charge in [-0.3, -0.25) is 4.99 Å². The predicted octanol–water partition coefficient (Wildman–Crippen LogP) is 1.31. The number of nitrogens with one attached hydrogen (secondary N) is 2. The normalized spacial score (nSPS) is 11.7. The number of nitrogens with zero attached hydrogens (tertiary/aromatic N) is 1. The fourth-order valence-corrected chi connectivity index (χ4v) is 2.51. The Labute approximate surface area is 156 Å². The second-order valence-electron chi connectivity index (χ2n) is 5.30. The van der Waals surface area contributed by atoms with E-state index in [9.17, 15) is 8.42 Å². The minimum atomic E-state index is -3.47. The number of aliphatic imine (C=N–C) groups is 1. The summed E-state index contributed by atoms with van der Waals surface area (Å²) in [4.78, 5) is 4.20. The number of hydrogen-bond acceptors (Lipinski definition) is 3. The first-order valence-corrected chi connectivity index (χ1v) is 9.11. The van der Waals surface area contributed by atoms with Gasteiger partial charge in [-0.1, -0.05) is 29.3 Å². The molecule has 0 bridgehead atoms. The van der Waals surface area contributed by atoms with Crippen LogP contribution < -0.4 is 15.8 Å². The molecular weight excluding hydrogens is 427 g/mol. The number of aryl methyl sites for hydroxylation is 2. The Morgan fingerprint density at radius 1 is 1.17 bits per heavy atom. The summed E-state index contributed by atoms with van der Waals surface area (Å²) in [7, 11) is -3.47. The first-order valence-electron chi connectivity index (χ1n) is 7.40. The zero-order valence-electron chi connectivity index (χ0n) is 13.9. The summed E-state index contributed by atoms with van der Waals surface area (Å²) in [6.45, 7) is 7.72. The lowest BCUT2D eigenvalue weighted by Crippen LogP contribution is -2.38. The highest BCUT2D eigenvalue weighted by atomic mass is 127. The monoisotopic (exact) mass is 454 g/mol. The van der Waals surface area contributed by atoms with Crippen molar-refractivity contribution in [2.75, 3.05) is 25.4 Å². The number of halogens is 1. The van der Waals surface area contributed by atoms with E-state index in [1.807, 2.05) is 6.92 Å². The summed E-state index contributed by atoms with van der Waals surface area (Å²) in [5.74, 6) is 0.455. The molecule has 0 aliphatic rings. The van der Waals surface area contributed by atoms with E-state index in [1.165, 1.54) is 16.7 Å². The molecule has 1 aromatic carbocycles.